The molecule has 0 aliphatic heterocycles. The van der Waals surface area contributed by atoms with Crippen molar-refractivity contribution in [1.29, 1.82) is 0 Å². The third-order valence-electron chi connectivity index (χ3n) is 4.43. The molecular weight excluding hydrogens is 350 g/mol. The van der Waals surface area contributed by atoms with Crippen LogP contribution in [-0.2, 0) is 11.3 Å². The molecule has 1 saturated carbocycles. The Balaban J connectivity index is 0.00000243. The molecule has 0 aromatic heterocycles. The minimum Gasteiger partial charge on any atom is -0.346 e. The van der Waals surface area contributed by atoms with E-state index in [-0.39, 0.29) is 36.2 Å². The highest BCUT2D eigenvalue weighted by Gasteiger charge is 2.29. The summed E-state index contributed by atoms with van der Waals surface area (Å²) >= 11 is 0. The number of anilines is 1. The average Bonchev–Trinajstić information content (AvgIpc) is 3.47. The number of amides is 2. The summed E-state index contributed by atoms with van der Waals surface area (Å²) in [5, 5.41) is 5.89. The van der Waals surface area contributed by atoms with Crippen molar-refractivity contribution >= 4 is 29.9 Å². The lowest BCUT2D eigenvalue weighted by Crippen LogP contribution is -2.26. The van der Waals surface area contributed by atoms with Gasteiger partial charge in [-0.15, -0.1) is 12.4 Å². The van der Waals surface area contributed by atoms with Crippen molar-refractivity contribution in [2.45, 2.75) is 32.4 Å². The van der Waals surface area contributed by atoms with Crippen LogP contribution < -0.4 is 16.4 Å². The van der Waals surface area contributed by atoms with Gasteiger partial charge in [-0.1, -0.05) is 24.3 Å². The van der Waals surface area contributed by atoms with Gasteiger partial charge in [0.1, 0.15) is 0 Å². The van der Waals surface area contributed by atoms with Crippen molar-refractivity contribution in [3.05, 3.63) is 65.2 Å². The summed E-state index contributed by atoms with van der Waals surface area (Å²) in [5.74, 6) is 0.153. The lowest BCUT2D eigenvalue weighted by Gasteiger charge is -2.15. The highest BCUT2D eigenvalue weighted by molar-refractivity contribution is 5.95. The van der Waals surface area contributed by atoms with E-state index in [2.05, 4.69) is 10.6 Å². The normalized spacial score (nSPS) is 14.1. The van der Waals surface area contributed by atoms with Crippen molar-refractivity contribution in [2.75, 3.05) is 5.32 Å². The second kappa shape index (κ2) is 8.83. The molecule has 0 bridgehead atoms. The molecule has 0 radical (unpaired) electrons. The number of hydrogen-bond donors (Lipinski definition) is 3. The first kappa shape index (κ1) is 19.9. The van der Waals surface area contributed by atoms with Crippen molar-refractivity contribution in [3.8, 4) is 0 Å². The van der Waals surface area contributed by atoms with Crippen LogP contribution in [0.3, 0.4) is 0 Å². The number of halogens is 1. The molecule has 1 fully saturated rings. The van der Waals surface area contributed by atoms with Crippen LogP contribution in [0, 0.1) is 5.92 Å². The minimum atomic E-state index is -0.130. The van der Waals surface area contributed by atoms with E-state index in [1.165, 1.54) is 0 Å². The van der Waals surface area contributed by atoms with Gasteiger partial charge in [0.25, 0.3) is 5.91 Å². The molecule has 1 atom stereocenters. The van der Waals surface area contributed by atoms with Crippen LogP contribution in [0.25, 0.3) is 0 Å². The predicted molar refractivity (Wildman–Crippen MR) is 105 cm³/mol. The Bertz CT molecular complexity index is 756. The number of carbonyl (C=O) groups is 2. The highest BCUT2D eigenvalue weighted by Crippen LogP contribution is 2.30. The molecule has 138 valence electrons. The Morgan fingerprint density at radius 1 is 1.08 bits per heavy atom. The largest absolute Gasteiger partial charge is 0.346 e. The van der Waals surface area contributed by atoms with Gasteiger partial charge in [-0.3, -0.25) is 9.59 Å². The van der Waals surface area contributed by atoms with Crippen molar-refractivity contribution in [1.82, 2.24) is 5.32 Å². The molecule has 0 spiro atoms. The van der Waals surface area contributed by atoms with Gasteiger partial charge in [0, 0.05) is 23.7 Å². The molecular formula is C20H24ClN3O2. The molecule has 0 saturated heterocycles. The lowest BCUT2D eigenvalue weighted by molar-refractivity contribution is -0.117. The molecule has 0 heterocycles. The highest BCUT2D eigenvalue weighted by atomic mass is 35.5. The first-order valence-corrected chi connectivity index (χ1v) is 8.57. The SMILES string of the molecule is CC(NC(=O)c1ccc(CN)cc1)c1ccc(NC(=O)C2CC2)cc1.Cl. The summed E-state index contributed by atoms with van der Waals surface area (Å²) in [5.41, 5.74) is 8.94. The van der Waals surface area contributed by atoms with E-state index in [0.717, 1.165) is 29.7 Å². The zero-order chi connectivity index (χ0) is 17.8. The Morgan fingerprint density at radius 2 is 1.69 bits per heavy atom. The van der Waals surface area contributed by atoms with Gasteiger partial charge in [-0.05, 0) is 55.2 Å². The van der Waals surface area contributed by atoms with E-state index in [1.807, 2.05) is 43.3 Å². The Kier molecular flexibility index (Phi) is 6.77. The second-order valence-electron chi connectivity index (χ2n) is 6.48. The summed E-state index contributed by atoms with van der Waals surface area (Å²) in [4.78, 5) is 24.1. The molecule has 4 N–H and O–H groups in total. The molecule has 2 aromatic carbocycles. The van der Waals surface area contributed by atoms with Crippen molar-refractivity contribution < 1.29 is 9.59 Å². The third-order valence-corrected chi connectivity index (χ3v) is 4.43. The maximum Gasteiger partial charge on any atom is 0.251 e. The Labute approximate surface area is 159 Å². The topological polar surface area (TPSA) is 84.2 Å². The monoisotopic (exact) mass is 373 g/mol. The smallest absolute Gasteiger partial charge is 0.251 e. The first-order valence-electron chi connectivity index (χ1n) is 8.57. The molecule has 1 aliphatic rings. The molecule has 2 amide bonds. The average molecular weight is 374 g/mol. The molecule has 6 heteroatoms. The number of rotatable bonds is 6. The van der Waals surface area contributed by atoms with E-state index in [9.17, 15) is 9.59 Å². The number of benzene rings is 2. The second-order valence-corrected chi connectivity index (χ2v) is 6.48. The van der Waals surface area contributed by atoms with Crippen molar-refractivity contribution in [3.63, 3.8) is 0 Å². The molecule has 5 nitrogen and oxygen atoms in total. The molecule has 1 aliphatic carbocycles. The van der Waals surface area contributed by atoms with Gasteiger partial charge in [0.2, 0.25) is 5.91 Å². The summed E-state index contributed by atoms with van der Waals surface area (Å²) in [6.07, 6.45) is 1.97. The van der Waals surface area contributed by atoms with E-state index in [0.29, 0.717) is 12.1 Å². The predicted octanol–water partition coefficient (Wildman–Crippen LogP) is 3.41. The summed E-state index contributed by atoms with van der Waals surface area (Å²) in [6.45, 7) is 2.39. The van der Waals surface area contributed by atoms with Crippen LogP contribution in [0.5, 0.6) is 0 Å². The van der Waals surface area contributed by atoms with Gasteiger partial charge < -0.3 is 16.4 Å². The lowest BCUT2D eigenvalue weighted by atomic mass is 10.1. The summed E-state index contributed by atoms with van der Waals surface area (Å²) < 4.78 is 0. The van der Waals surface area contributed by atoms with Crippen molar-refractivity contribution in [2.24, 2.45) is 11.7 Å². The van der Waals surface area contributed by atoms with Gasteiger partial charge in [-0.2, -0.15) is 0 Å². The minimum absolute atomic E-state index is 0. The summed E-state index contributed by atoms with van der Waals surface area (Å²) in [6, 6.07) is 14.7. The fourth-order valence-corrected chi connectivity index (χ4v) is 2.60. The van der Waals surface area contributed by atoms with Crippen LogP contribution >= 0.6 is 12.4 Å². The Morgan fingerprint density at radius 3 is 2.23 bits per heavy atom. The van der Waals surface area contributed by atoms with Gasteiger partial charge in [0.15, 0.2) is 0 Å². The summed E-state index contributed by atoms with van der Waals surface area (Å²) in [7, 11) is 0. The zero-order valence-electron chi connectivity index (χ0n) is 14.7. The maximum absolute atomic E-state index is 12.3. The Hall–Kier alpha value is -2.37. The molecule has 2 aromatic rings. The van der Waals surface area contributed by atoms with E-state index in [4.69, 9.17) is 5.73 Å². The quantitative estimate of drug-likeness (QED) is 0.725. The van der Waals surface area contributed by atoms with Gasteiger partial charge in [-0.25, -0.2) is 0 Å². The van der Waals surface area contributed by atoms with Crippen LogP contribution in [-0.4, -0.2) is 11.8 Å². The maximum atomic E-state index is 12.3. The number of hydrogen-bond acceptors (Lipinski definition) is 3. The van der Waals surface area contributed by atoms with E-state index >= 15 is 0 Å². The van der Waals surface area contributed by atoms with Crippen LogP contribution in [0.15, 0.2) is 48.5 Å². The third kappa shape index (κ3) is 5.07. The fraction of sp³-hybridized carbons (Fsp3) is 0.300. The zero-order valence-corrected chi connectivity index (χ0v) is 15.5. The number of nitrogens with two attached hydrogens (primary N) is 1. The van der Waals surface area contributed by atoms with Crippen LogP contribution in [0.2, 0.25) is 0 Å². The first-order chi connectivity index (χ1) is 12.1. The fourth-order valence-electron chi connectivity index (χ4n) is 2.60. The van der Waals surface area contributed by atoms with Gasteiger partial charge in [0.05, 0.1) is 6.04 Å². The van der Waals surface area contributed by atoms with E-state index < -0.39 is 0 Å². The molecule has 3 rings (SSSR count). The number of carbonyl (C=O) groups excluding carboxylic acids is 2. The standard InChI is InChI=1S/C20H23N3O2.ClH/c1-13(22-19(24)16-4-2-14(12-21)3-5-16)15-8-10-18(11-9-15)23-20(25)17-6-7-17;/h2-5,8-11,13,17H,6-7,12,21H2,1H3,(H,22,24)(H,23,25);1H. The van der Waals surface area contributed by atoms with Crippen LogP contribution in [0.1, 0.15) is 47.3 Å². The van der Waals surface area contributed by atoms with Gasteiger partial charge >= 0.3 is 0 Å². The van der Waals surface area contributed by atoms with Crippen LogP contribution in [0.4, 0.5) is 5.69 Å². The number of nitrogens with one attached hydrogen (secondary N) is 2. The molecule has 1 unspecified atom stereocenters. The molecule has 26 heavy (non-hydrogen) atoms. The van der Waals surface area contributed by atoms with E-state index in [1.54, 1.807) is 12.1 Å².